The van der Waals surface area contributed by atoms with Crippen molar-refractivity contribution in [1.29, 1.82) is 0 Å². The number of nitrogens with one attached hydrogen (secondary N) is 1. The summed E-state index contributed by atoms with van der Waals surface area (Å²) in [4.78, 5) is 48.8. The number of methoxy groups -OCH3 is 1. The van der Waals surface area contributed by atoms with Crippen molar-refractivity contribution in [2.24, 2.45) is 11.8 Å². The number of hydrogen-bond acceptors (Lipinski definition) is 14. The second-order valence-electron chi connectivity index (χ2n) is 15.7. The van der Waals surface area contributed by atoms with E-state index < -0.39 is 5.97 Å². The molecule has 17 heteroatoms. The fourth-order valence-electron chi connectivity index (χ4n) is 7.74. The number of fused-ring (bicyclic) bond motifs is 1. The van der Waals surface area contributed by atoms with Gasteiger partial charge >= 0.3 is 11.7 Å². The van der Waals surface area contributed by atoms with Crippen molar-refractivity contribution in [3.05, 3.63) is 50.7 Å². The Hall–Kier alpha value is -3.52. The van der Waals surface area contributed by atoms with Crippen molar-refractivity contribution >= 4 is 17.1 Å². The van der Waals surface area contributed by atoms with Gasteiger partial charge in [-0.3, -0.25) is 13.9 Å². The number of carbonyl (C=O) groups excluding carboxylic acids is 1. The molecule has 348 valence electrons. The number of benzene rings is 1. The summed E-state index contributed by atoms with van der Waals surface area (Å²) in [5.41, 5.74) is 1.05. The number of esters is 1. The van der Waals surface area contributed by atoms with Gasteiger partial charge in [0.15, 0.2) is 5.65 Å². The smallest absolute Gasteiger partial charge is 0.338 e. The van der Waals surface area contributed by atoms with Crippen LogP contribution in [0.2, 0.25) is 0 Å². The van der Waals surface area contributed by atoms with Crippen LogP contribution < -0.4 is 11.2 Å². The number of hydrogen-bond donors (Lipinski definition) is 1. The molecule has 2 saturated carbocycles. The molecule has 2 aliphatic carbocycles. The monoisotopic (exact) mass is 874 g/mol. The fourth-order valence-corrected chi connectivity index (χ4v) is 7.74. The van der Waals surface area contributed by atoms with Crippen molar-refractivity contribution in [2.45, 2.75) is 77.3 Å². The zero-order valence-corrected chi connectivity index (χ0v) is 36.8. The van der Waals surface area contributed by atoms with E-state index in [4.69, 9.17) is 52.4 Å². The van der Waals surface area contributed by atoms with Crippen LogP contribution in [0.25, 0.3) is 22.6 Å². The summed E-state index contributed by atoms with van der Waals surface area (Å²) in [5.74, 6) is 0.611. The summed E-state index contributed by atoms with van der Waals surface area (Å²) in [6.45, 7) is 8.96. The highest BCUT2D eigenvalue weighted by molar-refractivity contribution is 5.91. The summed E-state index contributed by atoms with van der Waals surface area (Å²) < 4.78 is 57.4. The average Bonchev–Trinajstić information content (AvgIpc) is 3.75. The quantitative estimate of drug-likeness (QED) is 0.0660. The molecule has 1 N–H and O–H groups in total. The SMILES string of the molecule is COCCOCCOCCOCCOCCOCCOCCOCCOCCOC(=O)c1cccc(-c2nc3c([nH]2)c(=O)n(CC2CCCCC2)c(=O)n3CC2CCCCC2)c1. The van der Waals surface area contributed by atoms with Crippen molar-refractivity contribution in [1.82, 2.24) is 19.1 Å². The largest absolute Gasteiger partial charge is 0.460 e. The van der Waals surface area contributed by atoms with Crippen molar-refractivity contribution in [3.8, 4) is 11.4 Å². The Morgan fingerprint density at radius 3 is 1.50 bits per heavy atom. The second kappa shape index (κ2) is 29.8. The van der Waals surface area contributed by atoms with E-state index in [0.717, 1.165) is 51.4 Å². The van der Waals surface area contributed by atoms with Crippen molar-refractivity contribution in [3.63, 3.8) is 0 Å². The maximum Gasteiger partial charge on any atom is 0.338 e. The van der Waals surface area contributed by atoms with Crippen molar-refractivity contribution in [2.75, 3.05) is 126 Å². The first-order valence-electron chi connectivity index (χ1n) is 22.7. The highest BCUT2D eigenvalue weighted by Crippen LogP contribution is 2.27. The summed E-state index contributed by atoms with van der Waals surface area (Å²) >= 11 is 0. The molecule has 2 heterocycles. The third kappa shape index (κ3) is 17.6. The number of H-pyrrole nitrogens is 1. The Bertz CT molecular complexity index is 1800. The molecule has 17 nitrogen and oxygen atoms in total. The van der Waals surface area contributed by atoms with E-state index in [9.17, 15) is 14.4 Å². The van der Waals surface area contributed by atoms with Gasteiger partial charge in [-0.15, -0.1) is 0 Å². The molecule has 0 bridgehead atoms. The predicted octanol–water partition coefficient (Wildman–Crippen LogP) is 4.65. The normalized spacial score (nSPS) is 15.2. The summed E-state index contributed by atoms with van der Waals surface area (Å²) in [6, 6.07) is 6.93. The molecule has 0 aliphatic heterocycles. The van der Waals surface area contributed by atoms with Crippen molar-refractivity contribution < 1.29 is 52.2 Å². The van der Waals surface area contributed by atoms with Crippen LogP contribution >= 0.6 is 0 Å². The minimum absolute atomic E-state index is 0.0755. The van der Waals surface area contributed by atoms with Crippen LogP contribution in [0.5, 0.6) is 0 Å². The second-order valence-corrected chi connectivity index (χ2v) is 15.7. The number of nitrogens with zero attached hydrogens (tertiary/aromatic N) is 3. The first kappa shape index (κ1) is 49.5. The van der Waals surface area contributed by atoms with E-state index in [1.807, 2.05) is 6.07 Å². The molecule has 2 fully saturated rings. The van der Waals surface area contributed by atoms with E-state index in [-0.39, 0.29) is 24.5 Å². The van der Waals surface area contributed by atoms with E-state index in [2.05, 4.69) is 4.98 Å². The standard InChI is InChI=1S/C45H70N4O13/c1-53-15-16-54-17-18-55-19-20-56-21-22-57-23-24-58-25-26-59-27-28-60-29-30-61-31-32-62-44(51)39-14-8-13-38(33-39)41-46-40-42(47-41)48(34-36-9-4-2-5-10-36)45(52)49(43(40)50)35-37-11-6-3-7-12-37/h8,13-14,33,36-37H,2-7,9-12,15-32,34-35H2,1H3,(H,46,47). The van der Waals surface area contributed by atoms with Gasteiger partial charge in [0, 0.05) is 25.8 Å². The van der Waals surface area contributed by atoms with Gasteiger partial charge in [0.2, 0.25) is 0 Å². The molecule has 2 aromatic heterocycles. The van der Waals surface area contributed by atoms with Gasteiger partial charge in [-0.1, -0.05) is 50.7 Å². The third-order valence-electron chi connectivity index (χ3n) is 11.1. The van der Waals surface area contributed by atoms with E-state index >= 15 is 0 Å². The van der Waals surface area contributed by atoms with Crippen LogP contribution in [0, 0.1) is 11.8 Å². The minimum atomic E-state index is -0.500. The van der Waals surface area contributed by atoms with Gasteiger partial charge in [0.25, 0.3) is 5.56 Å². The molecular weight excluding hydrogens is 805 g/mol. The zero-order chi connectivity index (χ0) is 43.5. The Morgan fingerprint density at radius 1 is 0.597 bits per heavy atom. The van der Waals surface area contributed by atoms with Crippen LogP contribution in [0.4, 0.5) is 0 Å². The zero-order valence-electron chi connectivity index (χ0n) is 36.8. The first-order valence-corrected chi connectivity index (χ1v) is 22.7. The summed E-state index contributed by atoms with van der Waals surface area (Å²) in [5, 5.41) is 0. The van der Waals surface area contributed by atoms with Gasteiger partial charge in [-0.25, -0.2) is 14.6 Å². The molecule has 0 spiro atoms. The predicted molar refractivity (Wildman–Crippen MR) is 232 cm³/mol. The average molecular weight is 875 g/mol. The molecule has 0 unspecified atom stereocenters. The number of ether oxygens (including phenoxy) is 10. The lowest BCUT2D eigenvalue weighted by molar-refractivity contribution is -0.0253. The molecule has 1 aromatic carbocycles. The minimum Gasteiger partial charge on any atom is -0.460 e. The molecule has 0 radical (unpaired) electrons. The first-order chi connectivity index (χ1) is 30.5. The molecule has 0 atom stereocenters. The Balaban J connectivity index is 0.916. The highest BCUT2D eigenvalue weighted by Gasteiger charge is 2.24. The number of rotatable bonds is 33. The van der Waals surface area contributed by atoms with Gasteiger partial charge in [0.1, 0.15) is 17.9 Å². The van der Waals surface area contributed by atoms with E-state index in [1.54, 1.807) is 29.9 Å². The van der Waals surface area contributed by atoms with Gasteiger partial charge in [0.05, 0.1) is 118 Å². The highest BCUT2D eigenvalue weighted by atomic mass is 16.6. The van der Waals surface area contributed by atoms with Crippen LogP contribution in [0.3, 0.4) is 0 Å². The summed E-state index contributed by atoms with van der Waals surface area (Å²) in [6.07, 6.45) is 11.2. The summed E-state index contributed by atoms with van der Waals surface area (Å²) in [7, 11) is 1.64. The number of aromatic nitrogens is 4. The lowest BCUT2D eigenvalue weighted by atomic mass is 9.89. The molecular formula is C45H70N4O13. The molecule has 2 aliphatic rings. The molecule has 62 heavy (non-hydrogen) atoms. The molecule has 5 rings (SSSR count). The van der Waals surface area contributed by atoms with Crippen LogP contribution in [0.15, 0.2) is 33.9 Å². The van der Waals surface area contributed by atoms with Gasteiger partial charge in [-0.2, -0.15) is 0 Å². The lowest BCUT2D eigenvalue weighted by Gasteiger charge is -2.24. The number of aromatic amines is 1. The number of carbonyl (C=O) groups is 1. The number of imidazole rings is 1. The third-order valence-corrected chi connectivity index (χ3v) is 11.1. The van der Waals surface area contributed by atoms with Gasteiger partial charge < -0.3 is 52.4 Å². The maximum atomic E-state index is 14.0. The Labute approximate surface area is 364 Å². The molecule has 3 aromatic rings. The van der Waals surface area contributed by atoms with Crippen LogP contribution in [-0.2, 0) is 60.5 Å². The van der Waals surface area contributed by atoms with E-state index in [1.165, 1.54) is 17.4 Å². The Morgan fingerprint density at radius 2 is 1.03 bits per heavy atom. The topological polar surface area (TPSA) is 182 Å². The molecule has 0 saturated heterocycles. The molecule has 0 amide bonds. The van der Waals surface area contributed by atoms with Crippen LogP contribution in [-0.4, -0.2) is 151 Å². The Kier molecular flexibility index (Phi) is 23.8. The van der Waals surface area contributed by atoms with E-state index in [0.29, 0.717) is 159 Å². The lowest BCUT2D eigenvalue weighted by Crippen LogP contribution is -2.42. The van der Waals surface area contributed by atoms with Gasteiger partial charge in [-0.05, 0) is 49.7 Å². The fraction of sp³-hybridized carbons (Fsp3) is 0.733. The maximum absolute atomic E-state index is 14.0. The van der Waals surface area contributed by atoms with Crippen LogP contribution in [0.1, 0.15) is 74.6 Å².